The topological polar surface area (TPSA) is 42.2 Å². The van der Waals surface area contributed by atoms with Crippen LogP contribution >= 0.6 is 0 Å². The fourth-order valence-electron chi connectivity index (χ4n) is 1.99. The third-order valence-electron chi connectivity index (χ3n) is 2.93. The Morgan fingerprint density at radius 1 is 1.50 bits per heavy atom. The zero-order valence-corrected chi connectivity index (χ0v) is 9.26. The van der Waals surface area contributed by atoms with E-state index >= 15 is 0 Å². The van der Waals surface area contributed by atoms with E-state index in [2.05, 4.69) is 0 Å². The monoisotopic (exact) mass is 265 g/mol. The molecule has 1 amide bonds. The van der Waals surface area contributed by atoms with E-state index in [0.29, 0.717) is 30.6 Å². The molecule has 3 nitrogen and oxygen atoms in total. The molecule has 1 heterocycles. The first kappa shape index (κ1) is 12.9. The quantitative estimate of drug-likeness (QED) is 0.854. The Morgan fingerprint density at radius 3 is 2.89 bits per heavy atom. The van der Waals surface area contributed by atoms with Crippen LogP contribution in [0.25, 0.3) is 0 Å². The van der Waals surface area contributed by atoms with Crippen molar-refractivity contribution >= 4 is 5.91 Å². The van der Waals surface area contributed by atoms with Crippen LogP contribution in [0.1, 0.15) is 30.2 Å². The maximum absolute atomic E-state index is 12.8. The van der Waals surface area contributed by atoms with Gasteiger partial charge in [0.25, 0.3) is 5.91 Å². The van der Waals surface area contributed by atoms with Crippen LogP contribution in [0.5, 0.6) is 0 Å². The lowest BCUT2D eigenvalue weighted by molar-refractivity contribution is -0.170. The molecule has 1 atom stereocenters. The van der Waals surface area contributed by atoms with E-state index < -0.39 is 24.3 Å². The van der Waals surface area contributed by atoms with Gasteiger partial charge in [-0.1, -0.05) is 0 Å². The Morgan fingerprint density at radius 2 is 2.22 bits per heavy atom. The van der Waals surface area contributed by atoms with Crippen molar-refractivity contribution < 1.29 is 26.8 Å². The third-order valence-corrected chi connectivity index (χ3v) is 2.93. The lowest BCUT2D eigenvalue weighted by Gasteiger charge is -2.24. The van der Waals surface area contributed by atoms with Crippen LogP contribution in [0.4, 0.5) is 17.6 Å². The van der Waals surface area contributed by atoms with Crippen LogP contribution in [0.2, 0.25) is 0 Å². The molecule has 0 radical (unpaired) electrons. The number of fused-ring (bicyclic) bond motifs is 1. The first-order chi connectivity index (χ1) is 8.43. The molecule has 100 valence electrons. The first-order valence-electron chi connectivity index (χ1n) is 5.46. The van der Waals surface area contributed by atoms with Gasteiger partial charge < -0.3 is 9.73 Å². The molecule has 1 N–H and O–H groups in total. The molecule has 0 spiro atoms. The van der Waals surface area contributed by atoms with E-state index in [4.69, 9.17) is 4.42 Å². The normalized spacial score (nSPS) is 19.7. The summed E-state index contributed by atoms with van der Waals surface area (Å²) in [5, 5.41) is 1.95. The van der Waals surface area contributed by atoms with Crippen LogP contribution in [-0.2, 0) is 11.2 Å². The molecule has 1 aromatic heterocycles. The van der Waals surface area contributed by atoms with Crippen LogP contribution < -0.4 is 5.32 Å². The van der Waals surface area contributed by atoms with Gasteiger partial charge in [0, 0.05) is 12.0 Å². The summed E-state index contributed by atoms with van der Waals surface area (Å²) < 4.78 is 54.8. The summed E-state index contributed by atoms with van der Waals surface area (Å²) in [6, 6.07) is 0.865. The van der Waals surface area contributed by atoms with Crippen LogP contribution in [0.3, 0.4) is 0 Å². The van der Waals surface area contributed by atoms with Gasteiger partial charge in [0.15, 0.2) is 0 Å². The number of hydrogen-bond acceptors (Lipinski definition) is 2. The second-order valence-electron chi connectivity index (χ2n) is 4.14. The molecule has 0 aromatic carbocycles. The molecular formula is C11H11F4NO2. The van der Waals surface area contributed by atoms with Crippen molar-refractivity contribution in [2.24, 2.45) is 0 Å². The standard InChI is InChI=1S/C11H11F4NO2/c12-9(13)11(14,15)10(17)16-7-2-1-3-8-6(7)4-5-18-8/h4-5,7,9H,1-3H2,(H,16,17). The van der Waals surface area contributed by atoms with Crippen LogP contribution in [-0.4, -0.2) is 18.3 Å². The smallest absolute Gasteiger partial charge is 0.383 e. The summed E-state index contributed by atoms with van der Waals surface area (Å²) in [4.78, 5) is 11.1. The second-order valence-corrected chi connectivity index (χ2v) is 4.14. The third kappa shape index (κ3) is 2.21. The Bertz CT molecular complexity index is 444. The molecule has 1 aliphatic carbocycles. The predicted molar refractivity (Wildman–Crippen MR) is 53.5 cm³/mol. The number of rotatable bonds is 3. The van der Waals surface area contributed by atoms with E-state index in [1.165, 1.54) is 6.26 Å². The number of aryl methyl sites for hydroxylation is 1. The highest BCUT2D eigenvalue weighted by Gasteiger charge is 2.49. The highest BCUT2D eigenvalue weighted by atomic mass is 19.3. The highest BCUT2D eigenvalue weighted by molar-refractivity contribution is 5.84. The van der Waals surface area contributed by atoms with Gasteiger partial charge >= 0.3 is 12.3 Å². The van der Waals surface area contributed by atoms with Crippen molar-refractivity contribution in [1.82, 2.24) is 5.32 Å². The number of hydrogen-bond donors (Lipinski definition) is 1. The number of carbonyl (C=O) groups is 1. The molecule has 7 heteroatoms. The first-order valence-corrected chi connectivity index (χ1v) is 5.46. The summed E-state index contributed by atoms with van der Waals surface area (Å²) in [5.41, 5.74) is 0.583. The van der Waals surface area contributed by atoms with E-state index in [1.54, 1.807) is 6.07 Å². The summed E-state index contributed by atoms with van der Waals surface area (Å²) in [6.45, 7) is 0. The zero-order chi connectivity index (χ0) is 13.3. The minimum Gasteiger partial charge on any atom is -0.469 e. The van der Waals surface area contributed by atoms with Crippen molar-refractivity contribution in [3.63, 3.8) is 0 Å². The minimum atomic E-state index is -4.67. The van der Waals surface area contributed by atoms with Gasteiger partial charge in [0.1, 0.15) is 5.76 Å². The molecule has 0 bridgehead atoms. The van der Waals surface area contributed by atoms with Gasteiger partial charge in [-0.05, 0) is 18.9 Å². The average Bonchev–Trinajstić information content (AvgIpc) is 2.77. The van der Waals surface area contributed by atoms with Gasteiger partial charge in [-0.2, -0.15) is 8.78 Å². The van der Waals surface area contributed by atoms with Crippen LogP contribution in [0, 0.1) is 0 Å². The predicted octanol–water partition coefficient (Wildman–Crippen LogP) is 2.67. The SMILES string of the molecule is O=C(NC1CCCc2occc21)C(F)(F)C(F)F. The lowest BCUT2D eigenvalue weighted by Crippen LogP contribution is -2.46. The Hall–Kier alpha value is -1.53. The zero-order valence-electron chi connectivity index (χ0n) is 9.26. The minimum absolute atomic E-state index is 0.428. The van der Waals surface area contributed by atoms with Crippen LogP contribution in [0.15, 0.2) is 16.7 Å². The molecule has 18 heavy (non-hydrogen) atoms. The summed E-state index contributed by atoms with van der Waals surface area (Å²) in [6.07, 6.45) is -0.895. The Kier molecular flexibility index (Phi) is 3.32. The second kappa shape index (κ2) is 4.62. The molecule has 1 aliphatic rings. The average molecular weight is 265 g/mol. The molecule has 0 saturated carbocycles. The van der Waals surface area contributed by atoms with Crippen molar-refractivity contribution in [1.29, 1.82) is 0 Å². The molecule has 0 saturated heterocycles. The largest absolute Gasteiger partial charge is 0.469 e. The Labute approximate surface area is 100 Å². The van der Waals surface area contributed by atoms with Gasteiger partial charge in [0.05, 0.1) is 12.3 Å². The Balaban J connectivity index is 2.10. The molecule has 1 aromatic rings. The molecule has 1 unspecified atom stereocenters. The summed E-state index contributed by atoms with van der Waals surface area (Å²) in [7, 11) is 0. The fraction of sp³-hybridized carbons (Fsp3) is 0.545. The summed E-state index contributed by atoms with van der Waals surface area (Å²) in [5.74, 6) is -6.01. The van der Waals surface area contributed by atoms with E-state index in [0.717, 1.165) is 0 Å². The van der Waals surface area contributed by atoms with Gasteiger partial charge in [-0.25, -0.2) is 8.78 Å². The fourth-order valence-corrected chi connectivity index (χ4v) is 1.99. The number of carbonyl (C=O) groups excluding carboxylic acids is 1. The number of furan rings is 1. The maximum Gasteiger partial charge on any atom is 0.383 e. The number of alkyl halides is 4. The van der Waals surface area contributed by atoms with Crippen molar-refractivity contribution in [2.75, 3.05) is 0 Å². The van der Waals surface area contributed by atoms with Crippen molar-refractivity contribution in [3.8, 4) is 0 Å². The van der Waals surface area contributed by atoms with Gasteiger partial charge in [-0.15, -0.1) is 0 Å². The number of amides is 1. The number of halogens is 4. The molecule has 2 rings (SSSR count). The van der Waals surface area contributed by atoms with Gasteiger partial charge in [-0.3, -0.25) is 4.79 Å². The van der Waals surface area contributed by atoms with Gasteiger partial charge in [0.2, 0.25) is 0 Å². The number of nitrogens with one attached hydrogen (secondary N) is 1. The lowest BCUT2D eigenvalue weighted by atomic mass is 9.93. The molecule has 0 aliphatic heterocycles. The van der Waals surface area contributed by atoms with E-state index in [-0.39, 0.29) is 0 Å². The summed E-state index contributed by atoms with van der Waals surface area (Å²) >= 11 is 0. The van der Waals surface area contributed by atoms with E-state index in [1.807, 2.05) is 5.32 Å². The maximum atomic E-state index is 12.8. The molecule has 0 fully saturated rings. The van der Waals surface area contributed by atoms with Crippen molar-refractivity contribution in [2.45, 2.75) is 37.7 Å². The highest BCUT2D eigenvalue weighted by Crippen LogP contribution is 2.32. The van der Waals surface area contributed by atoms with Crippen molar-refractivity contribution in [3.05, 3.63) is 23.7 Å². The molecular weight excluding hydrogens is 254 g/mol. The van der Waals surface area contributed by atoms with E-state index in [9.17, 15) is 22.4 Å².